The van der Waals surface area contributed by atoms with Crippen molar-refractivity contribution in [2.75, 3.05) is 4.90 Å². The number of aromatic nitrogens is 1. The molecule has 3 heteroatoms. The van der Waals surface area contributed by atoms with Gasteiger partial charge in [0, 0.05) is 55.5 Å². The van der Waals surface area contributed by atoms with Crippen LogP contribution in [0.3, 0.4) is 0 Å². The lowest BCUT2D eigenvalue weighted by atomic mass is 9.82. The Bertz CT molecular complexity index is 3820. The normalized spacial score (nSPS) is 12.8. The molecule has 2 aromatic heterocycles. The van der Waals surface area contributed by atoms with Crippen molar-refractivity contribution in [3.8, 4) is 50.2 Å². The Labute approximate surface area is 384 Å². The molecule has 0 N–H and O–H groups in total. The molecule has 1 aliphatic rings. The molecule has 0 radical (unpaired) electrons. The van der Waals surface area contributed by atoms with Crippen molar-refractivity contribution in [1.82, 2.24) is 4.57 Å². The molecule has 10 aromatic carbocycles. The quantitative estimate of drug-likeness (QED) is 0.159. The van der Waals surface area contributed by atoms with E-state index in [9.17, 15) is 0 Å². The fraction of sp³-hybridized carbons (Fsp3) is 0.0476. The molecular weight excluding hydrogens is 801 g/mol. The fourth-order valence-corrected chi connectivity index (χ4v) is 10.9. The van der Waals surface area contributed by atoms with Crippen molar-refractivity contribution in [3.63, 3.8) is 0 Å². The first-order valence-corrected chi connectivity index (χ1v) is 22.8. The van der Waals surface area contributed by atoms with Crippen molar-refractivity contribution in [3.05, 3.63) is 242 Å². The molecule has 1 aliphatic carbocycles. The maximum absolute atomic E-state index is 6.60. The summed E-state index contributed by atoms with van der Waals surface area (Å²) in [5, 5.41) is 4.57. The highest BCUT2D eigenvalue weighted by Crippen LogP contribution is 2.54. The van der Waals surface area contributed by atoms with Crippen LogP contribution in [0.1, 0.15) is 25.0 Å². The van der Waals surface area contributed by atoms with Crippen LogP contribution in [-0.2, 0) is 5.41 Å². The van der Waals surface area contributed by atoms with Gasteiger partial charge in [-0.25, -0.2) is 0 Å². The fourth-order valence-electron chi connectivity index (χ4n) is 10.9. The molecule has 0 aliphatic heterocycles. The number of para-hydroxylation sites is 1. The van der Waals surface area contributed by atoms with Crippen molar-refractivity contribution in [1.29, 1.82) is 0 Å². The van der Waals surface area contributed by atoms with Gasteiger partial charge in [0.15, 0.2) is 0 Å². The zero-order chi connectivity index (χ0) is 43.9. The minimum absolute atomic E-state index is 0.160. The third-order valence-corrected chi connectivity index (χ3v) is 14.0. The monoisotopic (exact) mass is 844 g/mol. The summed E-state index contributed by atoms with van der Waals surface area (Å²) in [5.74, 6) is 0. The Morgan fingerprint density at radius 2 is 1.02 bits per heavy atom. The highest BCUT2D eigenvalue weighted by molar-refractivity contribution is 6.21. The SMILES string of the molecule is CC1(C)c2ccccc2-c2c(-n3c4cccc(N(c5ccc(-c6ccccc6)cc5)c5ccc6c(c5)oc5ccccc56)c4c4cc(-c5ccccc5)cc(-c5ccccc5)c43)cccc21. The summed E-state index contributed by atoms with van der Waals surface area (Å²) in [7, 11) is 0. The zero-order valence-corrected chi connectivity index (χ0v) is 36.7. The molecular formula is C63H44N2O. The van der Waals surface area contributed by atoms with Crippen LogP contribution < -0.4 is 4.90 Å². The molecule has 3 nitrogen and oxygen atoms in total. The first kappa shape index (κ1) is 38.1. The van der Waals surface area contributed by atoms with Crippen molar-refractivity contribution in [2.24, 2.45) is 0 Å². The average molecular weight is 845 g/mol. The second kappa shape index (κ2) is 14.8. The lowest BCUT2D eigenvalue weighted by molar-refractivity contribution is 0.660. The Morgan fingerprint density at radius 3 is 1.79 bits per heavy atom. The molecule has 13 rings (SSSR count). The van der Waals surface area contributed by atoms with Gasteiger partial charge in [-0.3, -0.25) is 0 Å². The summed E-state index contributed by atoms with van der Waals surface area (Å²) in [6, 6.07) is 84.0. The molecule has 0 fully saturated rings. The van der Waals surface area contributed by atoms with Gasteiger partial charge in [0.2, 0.25) is 0 Å². The largest absolute Gasteiger partial charge is 0.456 e. The molecule has 0 bridgehead atoms. The van der Waals surface area contributed by atoms with E-state index in [-0.39, 0.29) is 5.41 Å². The number of anilines is 3. The number of nitrogens with zero attached hydrogens (tertiary/aromatic N) is 2. The average Bonchev–Trinajstić information content (AvgIpc) is 4.00. The van der Waals surface area contributed by atoms with E-state index in [1.165, 1.54) is 77.6 Å². The first-order chi connectivity index (χ1) is 32.5. The molecule has 0 spiro atoms. The summed E-state index contributed by atoms with van der Waals surface area (Å²) in [6.45, 7) is 4.74. The van der Waals surface area contributed by atoms with E-state index < -0.39 is 0 Å². The maximum Gasteiger partial charge on any atom is 0.137 e. The third-order valence-electron chi connectivity index (χ3n) is 14.0. The van der Waals surface area contributed by atoms with E-state index in [2.05, 4.69) is 248 Å². The van der Waals surface area contributed by atoms with Crippen LogP contribution in [0.4, 0.5) is 17.1 Å². The molecule has 2 heterocycles. The van der Waals surface area contributed by atoms with E-state index in [0.29, 0.717) is 0 Å². The molecule has 312 valence electrons. The van der Waals surface area contributed by atoms with E-state index in [1.807, 2.05) is 6.07 Å². The Morgan fingerprint density at radius 1 is 0.409 bits per heavy atom. The van der Waals surface area contributed by atoms with Crippen LogP contribution in [0.25, 0.3) is 93.9 Å². The smallest absolute Gasteiger partial charge is 0.137 e. The van der Waals surface area contributed by atoms with Crippen molar-refractivity contribution in [2.45, 2.75) is 19.3 Å². The van der Waals surface area contributed by atoms with Gasteiger partial charge in [-0.1, -0.05) is 178 Å². The minimum Gasteiger partial charge on any atom is -0.456 e. The van der Waals surface area contributed by atoms with Crippen LogP contribution in [-0.4, -0.2) is 4.57 Å². The van der Waals surface area contributed by atoms with Gasteiger partial charge < -0.3 is 13.9 Å². The van der Waals surface area contributed by atoms with E-state index in [4.69, 9.17) is 4.42 Å². The van der Waals surface area contributed by atoms with Crippen LogP contribution in [0, 0.1) is 0 Å². The van der Waals surface area contributed by atoms with Crippen molar-refractivity contribution >= 4 is 60.8 Å². The zero-order valence-electron chi connectivity index (χ0n) is 36.7. The molecule has 0 saturated carbocycles. The maximum atomic E-state index is 6.60. The number of benzene rings is 10. The molecule has 0 amide bonds. The minimum atomic E-state index is -0.160. The summed E-state index contributed by atoms with van der Waals surface area (Å²) in [5.41, 5.74) is 20.5. The standard InChI is InChI=1S/C63H44N2O/c1-63(2)53-26-14-12-25-50(53)60-54(63)27-16-28-55(60)65-57-30-17-29-56(61(57)52-39-45(42-20-8-4-9-21-42)38-51(62(52)65)44-22-10-5-11-23-44)64(46-34-32-43(33-35-46)41-18-6-3-7-19-41)47-36-37-49-48-24-13-15-31-58(48)66-59(49)40-47/h3-40H,1-2H3. The Kier molecular flexibility index (Phi) is 8.56. The van der Waals surface area contributed by atoms with E-state index in [1.54, 1.807) is 0 Å². The van der Waals surface area contributed by atoms with Gasteiger partial charge in [0.1, 0.15) is 11.2 Å². The van der Waals surface area contributed by atoms with E-state index in [0.717, 1.165) is 44.5 Å². The third kappa shape index (κ3) is 5.83. The molecule has 0 saturated heterocycles. The van der Waals surface area contributed by atoms with Crippen LogP contribution in [0.5, 0.6) is 0 Å². The summed E-state index contributed by atoms with van der Waals surface area (Å²) < 4.78 is 9.17. The molecule has 12 aromatic rings. The number of furan rings is 1. The predicted molar refractivity (Wildman–Crippen MR) is 277 cm³/mol. The highest BCUT2D eigenvalue weighted by atomic mass is 16.3. The van der Waals surface area contributed by atoms with Crippen LogP contribution >= 0.6 is 0 Å². The van der Waals surface area contributed by atoms with E-state index >= 15 is 0 Å². The molecule has 0 unspecified atom stereocenters. The second-order valence-electron chi connectivity index (χ2n) is 18.1. The van der Waals surface area contributed by atoms with Crippen molar-refractivity contribution < 1.29 is 4.42 Å². The Balaban J connectivity index is 1.16. The highest BCUT2D eigenvalue weighted by Gasteiger charge is 2.37. The molecule has 0 atom stereocenters. The van der Waals surface area contributed by atoms with Gasteiger partial charge in [-0.15, -0.1) is 0 Å². The van der Waals surface area contributed by atoms with Gasteiger partial charge in [0.05, 0.1) is 22.4 Å². The molecule has 66 heavy (non-hydrogen) atoms. The number of fused-ring (bicyclic) bond motifs is 9. The van der Waals surface area contributed by atoms with Crippen LogP contribution in [0.2, 0.25) is 0 Å². The summed E-state index contributed by atoms with van der Waals surface area (Å²) in [4.78, 5) is 2.43. The number of hydrogen-bond donors (Lipinski definition) is 0. The number of hydrogen-bond acceptors (Lipinski definition) is 2. The summed E-state index contributed by atoms with van der Waals surface area (Å²) in [6.07, 6.45) is 0. The topological polar surface area (TPSA) is 21.3 Å². The Hall–Kier alpha value is -8.40. The lowest BCUT2D eigenvalue weighted by Crippen LogP contribution is -2.15. The first-order valence-electron chi connectivity index (χ1n) is 22.8. The van der Waals surface area contributed by atoms with Gasteiger partial charge in [0.25, 0.3) is 0 Å². The van der Waals surface area contributed by atoms with Gasteiger partial charge in [-0.2, -0.15) is 0 Å². The van der Waals surface area contributed by atoms with Gasteiger partial charge >= 0.3 is 0 Å². The second-order valence-corrected chi connectivity index (χ2v) is 18.1. The van der Waals surface area contributed by atoms with Gasteiger partial charge in [-0.05, 0) is 105 Å². The number of rotatable bonds is 7. The summed E-state index contributed by atoms with van der Waals surface area (Å²) >= 11 is 0. The lowest BCUT2D eigenvalue weighted by Gasteiger charge is -2.27. The van der Waals surface area contributed by atoms with Crippen LogP contribution in [0.15, 0.2) is 235 Å². The predicted octanol–water partition coefficient (Wildman–Crippen LogP) is 17.5.